The molecular formula is C9H7F2NO. The summed E-state index contributed by atoms with van der Waals surface area (Å²) in [6.45, 7) is -0.384. The maximum Gasteiger partial charge on any atom is 0.235 e. The van der Waals surface area contributed by atoms with Gasteiger partial charge in [-0.1, -0.05) is 18.2 Å². The molecule has 0 heterocycles. The number of aliphatic imine (C=N–C) groups is 1. The monoisotopic (exact) mass is 183 g/mol. The van der Waals surface area contributed by atoms with Crippen LogP contribution in [0.5, 0.6) is 0 Å². The zero-order valence-electron chi connectivity index (χ0n) is 6.71. The van der Waals surface area contributed by atoms with Crippen molar-refractivity contribution in [2.75, 3.05) is 6.54 Å². The molecule has 0 N–H and O–H groups in total. The summed E-state index contributed by atoms with van der Waals surface area (Å²) in [5, 5.41) is 0. The largest absolute Gasteiger partial charge is 0.240 e. The second-order valence-corrected chi connectivity index (χ2v) is 2.42. The zero-order chi connectivity index (χ0) is 9.68. The van der Waals surface area contributed by atoms with Crippen LogP contribution in [0, 0.1) is 5.82 Å². The first-order valence-electron chi connectivity index (χ1n) is 3.68. The van der Waals surface area contributed by atoms with Crippen molar-refractivity contribution in [3.63, 3.8) is 0 Å². The Bertz CT molecular complexity index is 334. The molecule has 0 amide bonds. The molecule has 0 aliphatic heterocycles. The van der Waals surface area contributed by atoms with Crippen LogP contribution < -0.4 is 0 Å². The maximum absolute atomic E-state index is 13.1. The Morgan fingerprint density at radius 1 is 1.46 bits per heavy atom. The van der Waals surface area contributed by atoms with Crippen LogP contribution in [-0.4, -0.2) is 12.6 Å². The molecule has 0 fully saturated rings. The number of carbonyl (C=O) groups excluding carboxylic acids is 1. The minimum Gasteiger partial charge on any atom is -0.240 e. The van der Waals surface area contributed by atoms with E-state index in [2.05, 4.69) is 4.99 Å². The molecule has 0 aliphatic carbocycles. The molecular weight excluding hydrogens is 176 g/mol. The average molecular weight is 183 g/mol. The Hall–Kier alpha value is -1.54. The van der Waals surface area contributed by atoms with Gasteiger partial charge in [0.2, 0.25) is 6.08 Å². The van der Waals surface area contributed by atoms with Crippen molar-refractivity contribution >= 4 is 6.08 Å². The summed E-state index contributed by atoms with van der Waals surface area (Å²) in [7, 11) is 0. The number of nitrogens with zero attached hydrogens (tertiary/aromatic N) is 1. The van der Waals surface area contributed by atoms with Crippen LogP contribution in [0.15, 0.2) is 29.3 Å². The van der Waals surface area contributed by atoms with Crippen LogP contribution in [0.1, 0.15) is 11.7 Å². The van der Waals surface area contributed by atoms with Crippen molar-refractivity contribution in [1.82, 2.24) is 0 Å². The first-order chi connectivity index (χ1) is 6.25. The van der Waals surface area contributed by atoms with Gasteiger partial charge in [-0.2, -0.15) is 0 Å². The van der Waals surface area contributed by atoms with E-state index in [9.17, 15) is 13.6 Å². The Morgan fingerprint density at radius 3 is 2.77 bits per heavy atom. The molecule has 1 unspecified atom stereocenters. The summed E-state index contributed by atoms with van der Waals surface area (Å²) in [4.78, 5) is 12.7. The Kier molecular flexibility index (Phi) is 3.29. The maximum atomic E-state index is 13.1. The van der Waals surface area contributed by atoms with Gasteiger partial charge in [-0.15, -0.1) is 0 Å². The Balaban J connectivity index is 2.81. The molecule has 0 saturated carbocycles. The lowest BCUT2D eigenvalue weighted by Crippen LogP contribution is -1.98. The third-order valence-corrected chi connectivity index (χ3v) is 1.56. The zero-order valence-corrected chi connectivity index (χ0v) is 6.71. The van der Waals surface area contributed by atoms with Gasteiger partial charge in [-0.3, -0.25) is 0 Å². The van der Waals surface area contributed by atoms with E-state index in [1.54, 1.807) is 0 Å². The number of hydrogen-bond acceptors (Lipinski definition) is 2. The Morgan fingerprint density at radius 2 is 2.15 bits per heavy atom. The molecule has 1 rings (SSSR count). The number of halogens is 2. The van der Waals surface area contributed by atoms with E-state index in [0.29, 0.717) is 0 Å². The van der Waals surface area contributed by atoms with Crippen LogP contribution in [0.3, 0.4) is 0 Å². The number of rotatable bonds is 3. The minimum atomic E-state index is -1.58. The van der Waals surface area contributed by atoms with E-state index in [-0.39, 0.29) is 12.1 Å². The molecule has 4 heteroatoms. The lowest BCUT2D eigenvalue weighted by molar-refractivity contribution is 0.341. The highest BCUT2D eigenvalue weighted by molar-refractivity contribution is 5.33. The Labute approximate surface area is 73.9 Å². The molecule has 68 valence electrons. The molecule has 13 heavy (non-hydrogen) atoms. The second kappa shape index (κ2) is 4.48. The summed E-state index contributed by atoms with van der Waals surface area (Å²) in [5.41, 5.74) is -0.0819. The van der Waals surface area contributed by atoms with Gasteiger partial charge in [0.05, 0.1) is 6.54 Å². The third kappa shape index (κ3) is 2.46. The highest BCUT2D eigenvalue weighted by atomic mass is 19.1. The minimum absolute atomic E-state index is 0.0819. The van der Waals surface area contributed by atoms with Gasteiger partial charge < -0.3 is 0 Å². The van der Waals surface area contributed by atoms with Crippen molar-refractivity contribution in [3.8, 4) is 0 Å². The van der Waals surface area contributed by atoms with Crippen molar-refractivity contribution in [1.29, 1.82) is 0 Å². The summed E-state index contributed by atoms with van der Waals surface area (Å²) < 4.78 is 26.0. The fourth-order valence-electron chi connectivity index (χ4n) is 0.945. The SMILES string of the molecule is O=C=NCC(F)c1ccccc1F. The van der Waals surface area contributed by atoms with Gasteiger partial charge in [0, 0.05) is 5.56 Å². The van der Waals surface area contributed by atoms with Crippen LogP contribution in [0.4, 0.5) is 8.78 Å². The predicted molar refractivity (Wildman–Crippen MR) is 43.2 cm³/mol. The lowest BCUT2D eigenvalue weighted by atomic mass is 10.1. The van der Waals surface area contributed by atoms with E-state index in [1.807, 2.05) is 0 Å². The average Bonchev–Trinajstić information content (AvgIpc) is 2.15. The van der Waals surface area contributed by atoms with Crippen LogP contribution in [-0.2, 0) is 4.79 Å². The lowest BCUT2D eigenvalue weighted by Gasteiger charge is -2.04. The molecule has 1 atom stereocenters. The third-order valence-electron chi connectivity index (χ3n) is 1.56. The summed E-state index contributed by atoms with van der Waals surface area (Å²) in [6.07, 6.45) is -0.381. The molecule has 0 aliphatic rings. The predicted octanol–water partition coefficient (Wildman–Crippen LogP) is 2.17. The molecule has 0 saturated heterocycles. The van der Waals surface area contributed by atoms with E-state index in [0.717, 1.165) is 6.07 Å². The fourth-order valence-corrected chi connectivity index (χ4v) is 0.945. The van der Waals surface area contributed by atoms with Gasteiger partial charge in [0.25, 0.3) is 0 Å². The topological polar surface area (TPSA) is 29.4 Å². The van der Waals surface area contributed by atoms with Gasteiger partial charge in [0.15, 0.2) is 0 Å². The van der Waals surface area contributed by atoms with Gasteiger partial charge in [-0.05, 0) is 6.07 Å². The van der Waals surface area contributed by atoms with Crippen molar-refractivity contribution in [3.05, 3.63) is 35.6 Å². The normalized spacial score (nSPS) is 11.8. The summed E-state index contributed by atoms with van der Waals surface area (Å²) >= 11 is 0. The fraction of sp³-hybridized carbons (Fsp3) is 0.222. The molecule has 0 spiro atoms. The number of isocyanates is 1. The van der Waals surface area contributed by atoms with Gasteiger partial charge in [0.1, 0.15) is 12.0 Å². The first kappa shape index (κ1) is 9.55. The van der Waals surface area contributed by atoms with Crippen LogP contribution >= 0.6 is 0 Å². The summed E-state index contributed by atoms with van der Waals surface area (Å²) in [6, 6.07) is 5.47. The molecule has 0 radical (unpaired) electrons. The molecule has 2 nitrogen and oxygen atoms in total. The molecule has 0 aromatic heterocycles. The van der Waals surface area contributed by atoms with E-state index >= 15 is 0 Å². The van der Waals surface area contributed by atoms with E-state index in [4.69, 9.17) is 0 Å². The van der Waals surface area contributed by atoms with Crippen LogP contribution in [0.2, 0.25) is 0 Å². The highest BCUT2D eigenvalue weighted by Gasteiger charge is 2.12. The van der Waals surface area contributed by atoms with Crippen LogP contribution in [0.25, 0.3) is 0 Å². The number of benzene rings is 1. The van der Waals surface area contributed by atoms with E-state index < -0.39 is 12.0 Å². The first-order valence-corrected chi connectivity index (χ1v) is 3.68. The summed E-state index contributed by atoms with van der Waals surface area (Å²) in [5.74, 6) is -0.629. The standard InChI is InChI=1S/C9H7F2NO/c10-8-4-2-1-3-7(8)9(11)5-12-6-13/h1-4,9H,5H2. The van der Waals surface area contributed by atoms with Crippen molar-refractivity contribution in [2.24, 2.45) is 4.99 Å². The highest BCUT2D eigenvalue weighted by Crippen LogP contribution is 2.20. The second-order valence-electron chi connectivity index (χ2n) is 2.42. The number of hydrogen-bond donors (Lipinski definition) is 0. The van der Waals surface area contributed by atoms with Crippen molar-refractivity contribution < 1.29 is 13.6 Å². The van der Waals surface area contributed by atoms with Gasteiger partial charge >= 0.3 is 0 Å². The van der Waals surface area contributed by atoms with Crippen molar-refractivity contribution in [2.45, 2.75) is 6.17 Å². The number of alkyl halides is 1. The van der Waals surface area contributed by atoms with E-state index in [1.165, 1.54) is 24.3 Å². The smallest absolute Gasteiger partial charge is 0.235 e. The molecule has 0 bridgehead atoms. The van der Waals surface area contributed by atoms with Gasteiger partial charge in [-0.25, -0.2) is 18.6 Å². The molecule has 1 aromatic carbocycles. The quantitative estimate of drug-likeness (QED) is 0.521. The molecule has 1 aromatic rings.